The third kappa shape index (κ3) is 4.60. The molecule has 0 unspecified atom stereocenters. The van der Waals surface area contributed by atoms with Crippen LogP contribution in [0.1, 0.15) is 0 Å². The van der Waals surface area contributed by atoms with E-state index in [4.69, 9.17) is 4.42 Å². The summed E-state index contributed by atoms with van der Waals surface area (Å²) in [6.45, 7) is 0. The Morgan fingerprint density at radius 1 is 0.333 bits per heavy atom. The Morgan fingerprint density at radius 3 is 1.39 bits per heavy atom. The van der Waals surface area contributed by atoms with Crippen LogP contribution >= 0.6 is 0 Å². The molecule has 8 aromatic carbocycles. The van der Waals surface area contributed by atoms with E-state index >= 15 is 0 Å². The van der Waals surface area contributed by atoms with E-state index in [0.29, 0.717) is 0 Å². The van der Waals surface area contributed by atoms with Crippen molar-refractivity contribution in [2.24, 2.45) is 0 Å². The summed E-state index contributed by atoms with van der Waals surface area (Å²) in [6, 6.07) is 39.9. The molecule has 0 N–H and O–H groups in total. The highest BCUT2D eigenvalue weighted by Crippen LogP contribution is 2.42. The zero-order valence-corrected chi connectivity index (χ0v) is 30.8. The maximum absolute atomic E-state index is 6.32. The number of fused-ring (bicyclic) bond motifs is 6. The van der Waals surface area contributed by atoms with Gasteiger partial charge in [-0.1, -0.05) is 113 Å². The molecule has 9 rings (SSSR count). The Labute approximate surface area is 306 Å². The van der Waals surface area contributed by atoms with Crippen LogP contribution in [0.5, 0.6) is 0 Å². The minimum absolute atomic E-state index is 0.927. The summed E-state index contributed by atoms with van der Waals surface area (Å²) in [6.07, 6.45) is 0. The van der Waals surface area contributed by atoms with Crippen LogP contribution in [0.3, 0.4) is 0 Å². The molecule has 232 valence electrons. The predicted octanol–water partition coefficient (Wildman–Crippen LogP) is -1.89. The van der Waals surface area contributed by atoms with Gasteiger partial charge in [0.15, 0.2) is 0 Å². The molecule has 0 saturated carbocycles. The van der Waals surface area contributed by atoms with Crippen molar-refractivity contribution in [1.29, 1.82) is 0 Å². The average molecular weight is 641 g/mol. The van der Waals surface area contributed by atoms with Crippen molar-refractivity contribution in [2.75, 3.05) is 0 Å². The van der Waals surface area contributed by atoms with Crippen molar-refractivity contribution in [2.45, 2.75) is 0 Å². The fourth-order valence-electron chi connectivity index (χ4n) is 8.88. The molecular weight excluding hydrogens is 607 g/mol. The Kier molecular flexibility index (Phi) is 7.30. The molecule has 0 bridgehead atoms. The van der Waals surface area contributed by atoms with Crippen LogP contribution in [0, 0.1) is 0 Å². The lowest BCUT2D eigenvalue weighted by molar-refractivity contribution is 0.669. The Bertz CT molecular complexity index is 2860. The summed E-state index contributed by atoms with van der Waals surface area (Å²) in [5.74, 6) is 0. The van der Waals surface area contributed by atoms with Gasteiger partial charge < -0.3 is 4.42 Å². The molecule has 9 aromatic rings. The number of benzene rings is 8. The third-order valence-electron chi connectivity index (χ3n) is 12.3. The lowest BCUT2D eigenvalue weighted by Gasteiger charge is -2.28. The van der Waals surface area contributed by atoms with Gasteiger partial charge in [0.25, 0.3) is 0 Å². The molecule has 0 amide bonds. The molecule has 0 radical (unpaired) electrons. The van der Waals surface area contributed by atoms with E-state index in [1.165, 1.54) is 109 Å². The van der Waals surface area contributed by atoms with Crippen LogP contribution in [0.4, 0.5) is 0 Å². The van der Waals surface area contributed by atoms with Gasteiger partial charge in [-0.3, -0.25) is 0 Å². The predicted molar refractivity (Wildman–Crippen MR) is 248 cm³/mol. The first-order valence-electron chi connectivity index (χ1n) is 18.1. The van der Waals surface area contributed by atoms with Gasteiger partial charge in [0.2, 0.25) is 0 Å². The van der Waals surface area contributed by atoms with Crippen molar-refractivity contribution in [1.82, 2.24) is 0 Å². The molecule has 0 fully saturated rings. The largest absolute Gasteiger partial charge is 0.456 e. The summed E-state index contributed by atoms with van der Waals surface area (Å²) in [5.41, 5.74) is 20.4. The second-order valence-electron chi connectivity index (χ2n) is 14.7. The fraction of sp³-hybridized carbons (Fsp3) is 0. The van der Waals surface area contributed by atoms with Gasteiger partial charge in [0.1, 0.15) is 73.9 Å². The molecule has 0 saturated heterocycles. The first-order chi connectivity index (χ1) is 24.7. The van der Waals surface area contributed by atoms with Gasteiger partial charge in [0.05, 0.1) is 0 Å². The number of hydrogen-bond acceptors (Lipinski definition) is 1. The third-order valence-corrected chi connectivity index (χ3v) is 12.3. The second-order valence-corrected chi connectivity index (χ2v) is 14.7. The zero-order valence-electron chi connectivity index (χ0n) is 30.8. The lowest BCUT2D eigenvalue weighted by atomic mass is 9.59. The minimum Gasteiger partial charge on any atom is -0.456 e. The minimum atomic E-state index is 0.927. The van der Waals surface area contributed by atoms with Gasteiger partial charge in [0, 0.05) is 10.8 Å². The van der Waals surface area contributed by atoms with E-state index in [-0.39, 0.29) is 0 Å². The maximum atomic E-state index is 6.32. The van der Waals surface area contributed by atoms with Gasteiger partial charge in [-0.15, -0.1) is 21.9 Å². The molecule has 0 aliphatic rings. The van der Waals surface area contributed by atoms with Crippen LogP contribution in [-0.4, -0.2) is 62.8 Å². The van der Waals surface area contributed by atoms with Crippen LogP contribution < -0.4 is 43.7 Å². The summed E-state index contributed by atoms with van der Waals surface area (Å²) in [4.78, 5) is 0. The Balaban J connectivity index is 1.43. The molecule has 1 nitrogen and oxygen atoms in total. The normalized spacial score (nSPS) is 11.8. The number of furan rings is 1. The highest BCUT2D eigenvalue weighted by molar-refractivity contribution is 6.71. The van der Waals surface area contributed by atoms with Crippen molar-refractivity contribution < 1.29 is 4.42 Å². The average Bonchev–Trinajstić information content (AvgIpc) is 3.54. The molecule has 9 heteroatoms. The van der Waals surface area contributed by atoms with Crippen molar-refractivity contribution in [3.63, 3.8) is 0 Å². The molecular formula is C42H34B8O. The highest BCUT2D eigenvalue weighted by atomic mass is 16.3. The number of hydrogen-bond donors (Lipinski definition) is 0. The quantitative estimate of drug-likeness (QED) is 0.163. The SMILES string of the molecule is Bc1c(B)c(B)c2c(-c3ccc4oc5ccccc5c4c3)c3c(B)c(B)c(B)c(B)c3c(-c3ccc(-c4cccc5ccccc45)cc3)c2c1B. The Hall–Kier alpha value is -5.14. The van der Waals surface area contributed by atoms with E-state index in [1.54, 1.807) is 0 Å². The first kappa shape index (κ1) is 31.8. The highest BCUT2D eigenvalue weighted by Gasteiger charge is 2.25. The lowest BCUT2D eigenvalue weighted by Crippen LogP contribution is -2.50. The topological polar surface area (TPSA) is 13.1 Å². The van der Waals surface area contributed by atoms with Crippen molar-refractivity contribution >= 4 is 161 Å². The van der Waals surface area contributed by atoms with Crippen molar-refractivity contribution in [3.8, 4) is 33.4 Å². The van der Waals surface area contributed by atoms with Crippen LogP contribution in [0.2, 0.25) is 0 Å². The van der Waals surface area contributed by atoms with E-state index < -0.39 is 0 Å². The molecule has 0 atom stereocenters. The number of para-hydroxylation sites is 1. The van der Waals surface area contributed by atoms with E-state index in [9.17, 15) is 0 Å². The van der Waals surface area contributed by atoms with E-state index in [0.717, 1.165) is 21.9 Å². The first-order valence-corrected chi connectivity index (χ1v) is 18.1. The monoisotopic (exact) mass is 642 g/mol. The summed E-state index contributed by atoms with van der Waals surface area (Å²) >= 11 is 0. The summed E-state index contributed by atoms with van der Waals surface area (Å²) in [7, 11) is 18.5. The van der Waals surface area contributed by atoms with Gasteiger partial charge in [-0.2, -0.15) is 0 Å². The Morgan fingerprint density at radius 2 is 0.784 bits per heavy atom. The van der Waals surface area contributed by atoms with E-state index in [1.807, 2.05) is 0 Å². The van der Waals surface area contributed by atoms with Gasteiger partial charge >= 0.3 is 0 Å². The van der Waals surface area contributed by atoms with Crippen LogP contribution in [0.25, 0.3) is 87.6 Å². The fourth-order valence-corrected chi connectivity index (χ4v) is 8.88. The summed E-state index contributed by atoms with van der Waals surface area (Å²) in [5, 5.41) is 10.3. The molecule has 1 aromatic heterocycles. The van der Waals surface area contributed by atoms with Crippen LogP contribution in [0.15, 0.2) is 114 Å². The standard InChI is InChI=1S/C42H34B8O/c43-35-31-29(21-14-12-20(13-15-21)24-10-5-7-19-6-1-2-8-23(19)24)32-34(38(46)42(50)40(48)36(32)44)30(33(31)37(45)41(49)39(35)47)22-16-17-28-26(18-22)25-9-3-4-11-27(25)51-28/h1-18H,43-50H2. The van der Waals surface area contributed by atoms with Gasteiger partial charge in [-0.05, 0) is 83.9 Å². The second kappa shape index (κ2) is 11.7. The molecule has 0 spiro atoms. The van der Waals surface area contributed by atoms with Crippen molar-refractivity contribution in [3.05, 3.63) is 109 Å². The zero-order chi connectivity index (χ0) is 35.3. The smallest absolute Gasteiger partial charge is 0.139 e. The molecule has 1 heterocycles. The van der Waals surface area contributed by atoms with Crippen LogP contribution in [-0.2, 0) is 0 Å². The van der Waals surface area contributed by atoms with Gasteiger partial charge in [-0.25, -0.2) is 0 Å². The summed E-state index contributed by atoms with van der Waals surface area (Å²) < 4.78 is 6.32. The number of rotatable bonds is 3. The molecule has 51 heavy (non-hydrogen) atoms. The van der Waals surface area contributed by atoms with E-state index in [2.05, 4.69) is 172 Å². The molecule has 0 aliphatic carbocycles. The maximum Gasteiger partial charge on any atom is 0.139 e. The molecule has 0 aliphatic heterocycles.